The summed E-state index contributed by atoms with van der Waals surface area (Å²) in [4.78, 5) is 15.3. The Morgan fingerprint density at radius 1 is 0.600 bits per heavy atom. The van der Waals surface area contributed by atoms with Gasteiger partial charge in [0.1, 0.15) is 11.2 Å². The standard InChI is InChI=1S/C46H35N3O/c1-2-3-4-5-8-15-32-22-24-37(25-23-32)45-47-44(36-18-11-7-12-19-36)48-46(49-45)40-30-38(31-42-43(40)39-20-13-14-21-41(39)50-42)35-28-26-34(27-29-35)33-16-9-6-10-17-33/h2-5,7-9,11-14,16-31H,1,6,10,15H2/b4-3-,8-5-. The minimum Gasteiger partial charge on any atom is -0.456 e. The third-order valence-electron chi connectivity index (χ3n) is 8.99. The Labute approximate surface area is 292 Å². The van der Waals surface area contributed by atoms with E-state index in [1.165, 1.54) is 16.7 Å². The highest BCUT2D eigenvalue weighted by atomic mass is 16.3. The molecule has 4 heteroatoms. The van der Waals surface area contributed by atoms with Gasteiger partial charge in [0.25, 0.3) is 0 Å². The molecular formula is C46H35N3O. The van der Waals surface area contributed by atoms with E-state index in [0.29, 0.717) is 17.5 Å². The van der Waals surface area contributed by atoms with Crippen LogP contribution in [0.4, 0.5) is 0 Å². The van der Waals surface area contributed by atoms with Gasteiger partial charge in [-0.3, -0.25) is 0 Å². The molecule has 0 bridgehead atoms. The lowest BCUT2D eigenvalue weighted by atomic mass is 9.95. The number of fused-ring (bicyclic) bond motifs is 3. The van der Waals surface area contributed by atoms with Crippen LogP contribution in [0.15, 0.2) is 175 Å². The molecule has 0 N–H and O–H groups in total. The van der Waals surface area contributed by atoms with Crippen LogP contribution in [-0.4, -0.2) is 15.0 Å². The molecule has 4 nitrogen and oxygen atoms in total. The fraction of sp³-hybridized carbons (Fsp3) is 0.0652. The Kier molecular flexibility index (Phi) is 8.65. The number of furan rings is 1. The summed E-state index contributed by atoms with van der Waals surface area (Å²) in [6.45, 7) is 3.72. The second-order valence-corrected chi connectivity index (χ2v) is 12.3. The molecule has 240 valence electrons. The van der Waals surface area contributed by atoms with Crippen LogP contribution in [0.2, 0.25) is 0 Å². The maximum absolute atomic E-state index is 6.49. The van der Waals surface area contributed by atoms with E-state index in [1.807, 2.05) is 66.8 Å². The average molecular weight is 646 g/mol. The number of benzene rings is 5. The lowest BCUT2D eigenvalue weighted by Gasteiger charge is -2.12. The molecule has 2 heterocycles. The lowest BCUT2D eigenvalue weighted by molar-refractivity contribution is 0.669. The zero-order valence-corrected chi connectivity index (χ0v) is 27.7. The van der Waals surface area contributed by atoms with Gasteiger partial charge < -0.3 is 4.42 Å². The molecule has 50 heavy (non-hydrogen) atoms. The first-order chi connectivity index (χ1) is 24.7. The largest absolute Gasteiger partial charge is 0.456 e. The highest BCUT2D eigenvalue weighted by molar-refractivity contribution is 6.13. The summed E-state index contributed by atoms with van der Waals surface area (Å²) in [5, 5.41) is 2.02. The molecule has 0 spiro atoms. The summed E-state index contributed by atoms with van der Waals surface area (Å²) >= 11 is 0. The van der Waals surface area contributed by atoms with Crippen molar-refractivity contribution < 1.29 is 4.42 Å². The Bertz CT molecular complexity index is 2440. The first-order valence-electron chi connectivity index (χ1n) is 17.0. The predicted octanol–water partition coefficient (Wildman–Crippen LogP) is 12.0. The van der Waals surface area contributed by atoms with Crippen LogP contribution >= 0.6 is 0 Å². The molecule has 0 amide bonds. The van der Waals surface area contributed by atoms with E-state index >= 15 is 0 Å². The number of para-hydroxylation sites is 1. The molecule has 0 atom stereocenters. The smallest absolute Gasteiger partial charge is 0.164 e. The highest BCUT2D eigenvalue weighted by Gasteiger charge is 2.20. The zero-order chi connectivity index (χ0) is 33.7. The molecule has 0 saturated carbocycles. The normalized spacial score (nSPS) is 13.1. The van der Waals surface area contributed by atoms with Crippen molar-refractivity contribution in [2.75, 3.05) is 0 Å². The predicted molar refractivity (Wildman–Crippen MR) is 207 cm³/mol. The molecule has 0 saturated heterocycles. The lowest BCUT2D eigenvalue weighted by Crippen LogP contribution is -2.01. The quantitative estimate of drug-likeness (QED) is 0.147. The maximum atomic E-state index is 6.49. The van der Waals surface area contributed by atoms with Crippen LogP contribution in [0.1, 0.15) is 24.0 Å². The minimum atomic E-state index is 0.599. The van der Waals surface area contributed by atoms with Gasteiger partial charge in [-0.2, -0.15) is 0 Å². The van der Waals surface area contributed by atoms with Crippen LogP contribution in [0, 0.1) is 0 Å². The number of aromatic nitrogens is 3. The number of hydrogen-bond acceptors (Lipinski definition) is 4. The van der Waals surface area contributed by atoms with Gasteiger partial charge in [-0.1, -0.05) is 152 Å². The van der Waals surface area contributed by atoms with Crippen molar-refractivity contribution in [2.45, 2.75) is 19.3 Å². The molecule has 0 radical (unpaired) electrons. The van der Waals surface area contributed by atoms with Gasteiger partial charge in [0.05, 0.1) is 0 Å². The fourth-order valence-corrected chi connectivity index (χ4v) is 6.44. The van der Waals surface area contributed by atoms with Gasteiger partial charge in [-0.15, -0.1) is 0 Å². The van der Waals surface area contributed by atoms with Gasteiger partial charge in [-0.25, -0.2) is 15.0 Å². The molecule has 1 aliphatic carbocycles. The number of allylic oxidation sites excluding steroid dienone is 9. The van der Waals surface area contributed by atoms with Crippen molar-refractivity contribution >= 4 is 27.5 Å². The van der Waals surface area contributed by atoms with Crippen molar-refractivity contribution in [3.05, 3.63) is 182 Å². The zero-order valence-electron chi connectivity index (χ0n) is 27.7. The second-order valence-electron chi connectivity index (χ2n) is 12.3. The summed E-state index contributed by atoms with van der Waals surface area (Å²) < 4.78 is 6.49. The van der Waals surface area contributed by atoms with Crippen molar-refractivity contribution in [1.29, 1.82) is 0 Å². The topological polar surface area (TPSA) is 51.8 Å². The van der Waals surface area contributed by atoms with Crippen LogP contribution in [0.5, 0.6) is 0 Å². The van der Waals surface area contributed by atoms with E-state index in [2.05, 4.69) is 97.6 Å². The minimum absolute atomic E-state index is 0.599. The number of nitrogens with zero attached hydrogens (tertiary/aromatic N) is 3. The van der Waals surface area contributed by atoms with Crippen molar-refractivity contribution in [3.8, 4) is 45.3 Å². The Balaban J connectivity index is 1.27. The third-order valence-corrected chi connectivity index (χ3v) is 8.99. The monoisotopic (exact) mass is 645 g/mol. The van der Waals surface area contributed by atoms with E-state index in [0.717, 1.165) is 69.0 Å². The molecule has 5 aromatic carbocycles. The molecule has 2 aromatic heterocycles. The molecule has 0 unspecified atom stereocenters. The van der Waals surface area contributed by atoms with Gasteiger partial charge in [0, 0.05) is 27.5 Å². The van der Waals surface area contributed by atoms with Crippen LogP contribution in [-0.2, 0) is 6.42 Å². The van der Waals surface area contributed by atoms with Crippen LogP contribution in [0.3, 0.4) is 0 Å². The molecule has 0 aliphatic heterocycles. The summed E-state index contributed by atoms with van der Waals surface area (Å²) in [5.74, 6) is 1.84. The highest BCUT2D eigenvalue weighted by Crippen LogP contribution is 2.40. The van der Waals surface area contributed by atoms with E-state index in [1.54, 1.807) is 6.08 Å². The average Bonchev–Trinajstić information content (AvgIpc) is 3.57. The second kappa shape index (κ2) is 14.0. The molecule has 8 rings (SSSR count). The van der Waals surface area contributed by atoms with Gasteiger partial charge >= 0.3 is 0 Å². The SMILES string of the molecule is C=C/C=C\C=C/Cc1ccc(-c2nc(-c3ccccc3)nc(-c3cc(-c4ccc(C5=CCCC=C5)cc4)cc4oc5ccccc5c34)n2)cc1. The molecule has 1 aliphatic rings. The van der Waals surface area contributed by atoms with E-state index < -0.39 is 0 Å². The first kappa shape index (κ1) is 30.9. The summed E-state index contributed by atoms with van der Waals surface area (Å²) in [5.41, 5.74) is 10.2. The summed E-state index contributed by atoms with van der Waals surface area (Å²) in [7, 11) is 0. The van der Waals surface area contributed by atoms with Crippen molar-refractivity contribution in [2.24, 2.45) is 0 Å². The van der Waals surface area contributed by atoms with E-state index in [4.69, 9.17) is 19.4 Å². The van der Waals surface area contributed by atoms with Gasteiger partial charge in [0.15, 0.2) is 17.5 Å². The van der Waals surface area contributed by atoms with Gasteiger partial charge in [-0.05, 0) is 65.3 Å². The van der Waals surface area contributed by atoms with E-state index in [-0.39, 0.29) is 0 Å². The van der Waals surface area contributed by atoms with E-state index in [9.17, 15) is 0 Å². The third kappa shape index (κ3) is 6.39. The van der Waals surface area contributed by atoms with Crippen molar-refractivity contribution in [3.63, 3.8) is 0 Å². The number of hydrogen-bond donors (Lipinski definition) is 0. The Morgan fingerprint density at radius 3 is 2.06 bits per heavy atom. The molecular weight excluding hydrogens is 611 g/mol. The Morgan fingerprint density at radius 2 is 1.30 bits per heavy atom. The fourth-order valence-electron chi connectivity index (χ4n) is 6.44. The summed E-state index contributed by atoms with van der Waals surface area (Å²) in [6.07, 6.45) is 19.6. The maximum Gasteiger partial charge on any atom is 0.164 e. The first-order valence-corrected chi connectivity index (χ1v) is 17.0. The van der Waals surface area contributed by atoms with Crippen molar-refractivity contribution in [1.82, 2.24) is 15.0 Å². The molecule has 0 fully saturated rings. The number of rotatable bonds is 9. The van der Waals surface area contributed by atoms with Crippen LogP contribution in [0.25, 0.3) is 72.8 Å². The van der Waals surface area contributed by atoms with Crippen LogP contribution < -0.4 is 0 Å². The van der Waals surface area contributed by atoms with Gasteiger partial charge in [0.2, 0.25) is 0 Å². The summed E-state index contributed by atoms with van der Waals surface area (Å²) in [6, 6.07) is 39.8. The Hall–Kier alpha value is -6.39. The molecule has 7 aromatic rings.